The van der Waals surface area contributed by atoms with E-state index in [2.05, 4.69) is 9.97 Å². The smallest absolute Gasteiger partial charge is 0.253 e. The Hall–Kier alpha value is -3.25. The molecule has 1 atom stereocenters. The van der Waals surface area contributed by atoms with Crippen molar-refractivity contribution in [2.24, 2.45) is 0 Å². The normalized spacial score (nSPS) is 16.4. The van der Waals surface area contributed by atoms with Crippen LogP contribution in [0.2, 0.25) is 0 Å². The third-order valence-corrected chi connectivity index (χ3v) is 5.00. The van der Waals surface area contributed by atoms with E-state index in [0.717, 1.165) is 16.7 Å². The minimum absolute atomic E-state index is 0.0631. The van der Waals surface area contributed by atoms with E-state index < -0.39 is 6.10 Å². The SMILES string of the molecule is Cc1ccc(-c2nc(-c3ccc(C(=O)N4CCC(O)C4)cc3)cnc2N)cc1. The summed E-state index contributed by atoms with van der Waals surface area (Å²) in [5.74, 6) is 0.318. The molecule has 3 N–H and O–H groups in total. The summed E-state index contributed by atoms with van der Waals surface area (Å²) in [6.07, 6.45) is 1.85. The summed E-state index contributed by atoms with van der Waals surface area (Å²) >= 11 is 0. The molecule has 1 amide bonds. The van der Waals surface area contributed by atoms with Crippen LogP contribution in [0.3, 0.4) is 0 Å². The highest BCUT2D eigenvalue weighted by Crippen LogP contribution is 2.26. The highest BCUT2D eigenvalue weighted by Gasteiger charge is 2.25. The molecule has 0 aliphatic carbocycles. The first-order valence-corrected chi connectivity index (χ1v) is 9.28. The lowest BCUT2D eigenvalue weighted by atomic mass is 10.1. The van der Waals surface area contributed by atoms with Crippen LogP contribution in [0.15, 0.2) is 54.7 Å². The van der Waals surface area contributed by atoms with E-state index >= 15 is 0 Å². The van der Waals surface area contributed by atoms with Gasteiger partial charge in [-0.15, -0.1) is 0 Å². The van der Waals surface area contributed by atoms with Crippen LogP contribution in [0.5, 0.6) is 0 Å². The minimum atomic E-state index is -0.423. The summed E-state index contributed by atoms with van der Waals surface area (Å²) in [6, 6.07) is 15.3. The molecule has 0 radical (unpaired) electrons. The number of carbonyl (C=O) groups is 1. The fourth-order valence-electron chi connectivity index (χ4n) is 3.35. The third kappa shape index (κ3) is 3.59. The molecule has 3 aromatic rings. The number of aromatic nitrogens is 2. The van der Waals surface area contributed by atoms with Crippen molar-refractivity contribution in [3.63, 3.8) is 0 Å². The molecule has 6 heteroatoms. The first kappa shape index (κ1) is 18.1. The summed E-state index contributed by atoms with van der Waals surface area (Å²) in [5, 5.41) is 9.63. The Morgan fingerprint density at radius 2 is 1.79 bits per heavy atom. The topological polar surface area (TPSA) is 92.3 Å². The van der Waals surface area contributed by atoms with Gasteiger partial charge in [0, 0.05) is 29.8 Å². The molecular weight excluding hydrogens is 352 g/mol. The molecule has 1 aliphatic rings. The first-order valence-electron chi connectivity index (χ1n) is 9.28. The Kier molecular flexibility index (Phi) is 4.79. The van der Waals surface area contributed by atoms with Gasteiger partial charge < -0.3 is 15.7 Å². The van der Waals surface area contributed by atoms with E-state index in [1.807, 2.05) is 43.3 Å². The standard InChI is InChI=1S/C22H22N4O2/c1-14-2-4-16(5-3-14)20-21(23)24-12-19(25-20)15-6-8-17(9-7-15)22(28)26-11-10-18(27)13-26/h2-9,12,18,27H,10-11,13H2,1H3,(H2,23,24). The third-order valence-electron chi connectivity index (χ3n) is 5.00. The molecule has 0 spiro atoms. The van der Waals surface area contributed by atoms with Gasteiger partial charge in [-0.1, -0.05) is 42.0 Å². The number of likely N-dealkylation sites (tertiary alicyclic amines) is 1. The van der Waals surface area contributed by atoms with E-state index in [-0.39, 0.29) is 5.91 Å². The zero-order valence-electron chi connectivity index (χ0n) is 15.7. The van der Waals surface area contributed by atoms with Gasteiger partial charge in [-0.3, -0.25) is 4.79 Å². The van der Waals surface area contributed by atoms with Crippen LogP contribution in [0.25, 0.3) is 22.5 Å². The number of benzene rings is 2. The molecule has 2 heterocycles. The molecule has 6 nitrogen and oxygen atoms in total. The zero-order valence-corrected chi connectivity index (χ0v) is 15.7. The van der Waals surface area contributed by atoms with Crippen molar-refractivity contribution in [1.82, 2.24) is 14.9 Å². The van der Waals surface area contributed by atoms with Crippen LogP contribution in [0, 0.1) is 6.92 Å². The van der Waals surface area contributed by atoms with Gasteiger partial charge in [0.25, 0.3) is 5.91 Å². The number of nitrogen functional groups attached to an aromatic ring is 1. The van der Waals surface area contributed by atoms with Gasteiger partial charge in [0.05, 0.1) is 18.0 Å². The summed E-state index contributed by atoms with van der Waals surface area (Å²) in [5.41, 5.74) is 10.9. The Labute approximate surface area is 163 Å². The van der Waals surface area contributed by atoms with Crippen LogP contribution >= 0.6 is 0 Å². The number of aliphatic hydroxyl groups is 1. The number of nitrogens with zero attached hydrogens (tertiary/aromatic N) is 3. The highest BCUT2D eigenvalue weighted by molar-refractivity contribution is 5.95. The van der Waals surface area contributed by atoms with Crippen molar-refractivity contribution < 1.29 is 9.90 Å². The van der Waals surface area contributed by atoms with E-state index in [1.165, 1.54) is 0 Å². The molecule has 4 rings (SSSR count). The average molecular weight is 374 g/mol. The van der Waals surface area contributed by atoms with Crippen molar-refractivity contribution in [2.75, 3.05) is 18.8 Å². The molecule has 2 aromatic carbocycles. The lowest BCUT2D eigenvalue weighted by molar-refractivity contribution is 0.0765. The largest absolute Gasteiger partial charge is 0.391 e. The lowest BCUT2D eigenvalue weighted by Gasteiger charge is -2.15. The zero-order chi connectivity index (χ0) is 19.7. The number of rotatable bonds is 3. The summed E-state index contributed by atoms with van der Waals surface area (Å²) in [4.78, 5) is 23.2. The second-order valence-electron chi connectivity index (χ2n) is 7.13. The Morgan fingerprint density at radius 1 is 1.11 bits per heavy atom. The summed E-state index contributed by atoms with van der Waals surface area (Å²) < 4.78 is 0. The molecule has 0 bridgehead atoms. The quantitative estimate of drug-likeness (QED) is 0.735. The summed E-state index contributed by atoms with van der Waals surface area (Å²) in [7, 11) is 0. The van der Waals surface area contributed by atoms with Crippen molar-refractivity contribution in [2.45, 2.75) is 19.4 Å². The number of anilines is 1. The molecule has 1 unspecified atom stereocenters. The van der Waals surface area contributed by atoms with Crippen LogP contribution in [0.4, 0.5) is 5.82 Å². The van der Waals surface area contributed by atoms with E-state index in [0.29, 0.717) is 42.3 Å². The van der Waals surface area contributed by atoms with Crippen molar-refractivity contribution in [3.8, 4) is 22.5 Å². The number of amides is 1. The second-order valence-corrected chi connectivity index (χ2v) is 7.13. The van der Waals surface area contributed by atoms with Crippen LogP contribution in [0.1, 0.15) is 22.3 Å². The maximum atomic E-state index is 12.5. The lowest BCUT2D eigenvalue weighted by Crippen LogP contribution is -2.29. The van der Waals surface area contributed by atoms with Crippen LogP contribution in [-0.4, -0.2) is 45.1 Å². The summed E-state index contributed by atoms with van der Waals surface area (Å²) in [6.45, 7) is 3.01. The van der Waals surface area contributed by atoms with Gasteiger partial charge in [-0.25, -0.2) is 9.97 Å². The number of nitrogens with two attached hydrogens (primary N) is 1. The molecule has 1 aliphatic heterocycles. The fraction of sp³-hybridized carbons (Fsp3) is 0.227. The van der Waals surface area contributed by atoms with Crippen molar-refractivity contribution in [1.29, 1.82) is 0 Å². The monoisotopic (exact) mass is 374 g/mol. The molecule has 1 aromatic heterocycles. The number of carbonyl (C=O) groups excluding carboxylic acids is 1. The average Bonchev–Trinajstić information content (AvgIpc) is 3.15. The van der Waals surface area contributed by atoms with Crippen LogP contribution < -0.4 is 5.73 Å². The van der Waals surface area contributed by atoms with Crippen molar-refractivity contribution in [3.05, 3.63) is 65.9 Å². The predicted octanol–water partition coefficient (Wildman–Crippen LogP) is 2.91. The highest BCUT2D eigenvalue weighted by atomic mass is 16.3. The number of aliphatic hydroxyl groups excluding tert-OH is 1. The van der Waals surface area contributed by atoms with Gasteiger partial charge >= 0.3 is 0 Å². The number of β-amino-alcohol motifs (C(OH)–C–C–N with tert-alkyl or cyclic N) is 1. The molecular formula is C22H22N4O2. The van der Waals surface area contributed by atoms with E-state index in [4.69, 9.17) is 5.73 Å². The predicted molar refractivity (Wildman–Crippen MR) is 109 cm³/mol. The van der Waals surface area contributed by atoms with Gasteiger partial charge in [0.1, 0.15) is 11.5 Å². The molecule has 1 fully saturated rings. The number of hydrogen-bond acceptors (Lipinski definition) is 5. The molecule has 28 heavy (non-hydrogen) atoms. The Bertz CT molecular complexity index is 1000. The van der Waals surface area contributed by atoms with Crippen molar-refractivity contribution >= 4 is 11.7 Å². The number of hydrogen-bond donors (Lipinski definition) is 2. The maximum Gasteiger partial charge on any atom is 0.253 e. The van der Waals surface area contributed by atoms with Gasteiger partial charge in [0.15, 0.2) is 0 Å². The molecule has 142 valence electrons. The molecule has 1 saturated heterocycles. The van der Waals surface area contributed by atoms with E-state index in [1.54, 1.807) is 23.2 Å². The van der Waals surface area contributed by atoms with Gasteiger partial charge in [-0.2, -0.15) is 0 Å². The van der Waals surface area contributed by atoms with Gasteiger partial charge in [-0.05, 0) is 25.5 Å². The maximum absolute atomic E-state index is 12.5. The fourth-order valence-corrected chi connectivity index (χ4v) is 3.35. The van der Waals surface area contributed by atoms with Crippen LogP contribution in [-0.2, 0) is 0 Å². The Balaban J connectivity index is 1.60. The second kappa shape index (κ2) is 7.40. The van der Waals surface area contributed by atoms with E-state index in [9.17, 15) is 9.90 Å². The number of aryl methyl sites for hydroxylation is 1. The van der Waals surface area contributed by atoms with Gasteiger partial charge in [0.2, 0.25) is 0 Å². The Morgan fingerprint density at radius 3 is 2.43 bits per heavy atom. The first-order chi connectivity index (χ1) is 13.5. The minimum Gasteiger partial charge on any atom is -0.391 e. The molecule has 0 saturated carbocycles.